The second-order valence-electron chi connectivity index (χ2n) is 4.62. The van der Waals surface area contributed by atoms with Crippen LogP contribution in [-0.4, -0.2) is 21.5 Å². The summed E-state index contributed by atoms with van der Waals surface area (Å²) in [5, 5.41) is 11.2. The SMILES string of the molecule is Cl.Cn1nncc1CNCC1(C)CCC1. The fourth-order valence-corrected chi connectivity index (χ4v) is 1.92. The summed E-state index contributed by atoms with van der Waals surface area (Å²) in [6.45, 7) is 4.34. The molecular weight excluding hydrogens is 212 g/mol. The van der Waals surface area contributed by atoms with Crippen LogP contribution in [0.3, 0.4) is 0 Å². The topological polar surface area (TPSA) is 42.7 Å². The third-order valence-electron chi connectivity index (χ3n) is 3.23. The van der Waals surface area contributed by atoms with Crippen molar-refractivity contribution in [2.24, 2.45) is 12.5 Å². The van der Waals surface area contributed by atoms with Crippen molar-refractivity contribution in [1.82, 2.24) is 20.3 Å². The molecule has 0 radical (unpaired) electrons. The second kappa shape index (κ2) is 4.94. The molecule has 1 aliphatic carbocycles. The molecular formula is C10H19ClN4. The average Bonchev–Trinajstić information content (AvgIpc) is 2.49. The number of aromatic nitrogens is 3. The third kappa shape index (κ3) is 2.92. The highest BCUT2D eigenvalue weighted by molar-refractivity contribution is 5.85. The Bertz CT molecular complexity index is 306. The monoisotopic (exact) mass is 230 g/mol. The zero-order valence-electron chi connectivity index (χ0n) is 9.36. The summed E-state index contributed by atoms with van der Waals surface area (Å²) < 4.78 is 1.82. The number of nitrogens with one attached hydrogen (secondary N) is 1. The minimum Gasteiger partial charge on any atom is -0.311 e. The van der Waals surface area contributed by atoms with Gasteiger partial charge in [0.2, 0.25) is 0 Å². The van der Waals surface area contributed by atoms with Crippen molar-refractivity contribution < 1.29 is 0 Å². The first-order valence-electron chi connectivity index (χ1n) is 5.24. The molecule has 2 rings (SSSR count). The van der Waals surface area contributed by atoms with Gasteiger partial charge in [-0.2, -0.15) is 0 Å². The van der Waals surface area contributed by atoms with Crippen LogP contribution in [0.1, 0.15) is 31.9 Å². The van der Waals surface area contributed by atoms with Crippen LogP contribution in [0.2, 0.25) is 0 Å². The molecule has 0 atom stereocenters. The Labute approximate surface area is 96.8 Å². The predicted molar refractivity (Wildman–Crippen MR) is 61.9 cm³/mol. The van der Waals surface area contributed by atoms with Gasteiger partial charge in [0, 0.05) is 20.1 Å². The van der Waals surface area contributed by atoms with Gasteiger partial charge < -0.3 is 5.32 Å². The molecule has 0 unspecified atom stereocenters. The van der Waals surface area contributed by atoms with Gasteiger partial charge in [0.25, 0.3) is 0 Å². The summed E-state index contributed by atoms with van der Waals surface area (Å²) in [6, 6.07) is 0. The van der Waals surface area contributed by atoms with Crippen molar-refractivity contribution in [2.75, 3.05) is 6.54 Å². The molecule has 86 valence electrons. The summed E-state index contributed by atoms with van der Waals surface area (Å²) in [5.74, 6) is 0. The molecule has 0 saturated heterocycles. The van der Waals surface area contributed by atoms with Gasteiger partial charge in [0.05, 0.1) is 11.9 Å². The van der Waals surface area contributed by atoms with Crippen LogP contribution in [0.15, 0.2) is 6.20 Å². The Hall–Kier alpha value is -0.610. The first-order valence-corrected chi connectivity index (χ1v) is 5.24. The van der Waals surface area contributed by atoms with Crippen molar-refractivity contribution in [3.63, 3.8) is 0 Å². The molecule has 1 aromatic rings. The van der Waals surface area contributed by atoms with Crippen LogP contribution < -0.4 is 5.32 Å². The van der Waals surface area contributed by atoms with Gasteiger partial charge in [-0.15, -0.1) is 17.5 Å². The van der Waals surface area contributed by atoms with Crippen molar-refractivity contribution in [2.45, 2.75) is 32.7 Å². The van der Waals surface area contributed by atoms with E-state index in [-0.39, 0.29) is 12.4 Å². The zero-order chi connectivity index (χ0) is 10.0. The molecule has 0 aliphatic heterocycles. The molecule has 0 spiro atoms. The van der Waals surface area contributed by atoms with E-state index in [0.29, 0.717) is 5.41 Å². The van der Waals surface area contributed by atoms with E-state index >= 15 is 0 Å². The quantitative estimate of drug-likeness (QED) is 0.853. The molecule has 0 aromatic carbocycles. The molecule has 0 bridgehead atoms. The Morgan fingerprint density at radius 3 is 2.73 bits per heavy atom. The largest absolute Gasteiger partial charge is 0.311 e. The highest BCUT2D eigenvalue weighted by atomic mass is 35.5. The van der Waals surface area contributed by atoms with Crippen molar-refractivity contribution in [3.05, 3.63) is 11.9 Å². The lowest BCUT2D eigenvalue weighted by molar-refractivity contribution is 0.156. The van der Waals surface area contributed by atoms with Gasteiger partial charge in [-0.25, -0.2) is 0 Å². The van der Waals surface area contributed by atoms with E-state index < -0.39 is 0 Å². The van der Waals surface area contributed by atoms with E-state index in [1.54, 1.807) is 0 Å². The van der Waals surface area contributed by atoms with E-state index in [1.807, 2.05) is 17.9 Å². The van der Waals surface area contributed by atoms with Crippen LogP contribution in [0.5, 0.6) is 0 Å². The van der Waals surface area contributed by atoms with E-state index in [4.69, 9.17) is 0 Å². The van der Waals surface area contributed by atoms with Gasteiger partial charge in [-0.05, 0) is 18.3 Å². The zero-order valence-corrected chi connectivity index (χ0v) is 10.2. The standard InChI is InChI=1S/C10H18N4.ClH/c1-10(4-3-5-10)8-11-6-9-7-12-13-14(9)2;/h7,11H,3-6,8H2,1-2H3;1H. The van der Waals surface area contributed by atoms with Crippen LogP contribution in [0.25, 0.3) is 0 Å². The van der Waals surface area contributed by atoms with Crippen LogP contribution in [0.4, 0.5) is 0 Å². The molecule has 1 saturated carbocycles. The summed E-state index contributed by atoms with van der Waals surface area (Å²) in [4.78, 5) is 0. The highest BCUT2D eigenvalue weighted by Crippen LogP contribution is 2.39. The summed E-state index contributed by atoms with van der Waals surface area (Å²) in [7, 11) is 1.93. The first-order chi connectivity index (χ1) is 6.70. The number of halogens is 1. The Morgan fingerprint density at radius 2 is 2.27 bits per heavy atom. The van der Waals surface area contributed by atoms with Crippen LogP contribution in [-0.2, 0) is 13.6 Å². The fraction of sp³-hybridized carbons (Fsp3) is 0.800. The molecule has 4 nitrogen and oxygen atoms in total. The normalized spacial score (nSPS) is 18.0. The molecule has 1 fully saturated rings. The van der Waals surface area contributed by atoms with Gasteiger partial charge in [-0.3, -0.25) is 4.68 Å². The minimum absolute atomic E-state index is 0. The maximum atomic E-state index is 3.89. The lowest BCUT2D eigenvalue weighted by atomic mass is 9.70. The molecule has 15 heavy (non-hydrogen) atoms. The molecule has 5 heteroatoms. The van der Waals surface area contributed by atoms with Crippen molar-refractivity contribution >= 4 is 12.4 Å². The summed E-state index contributed by atoms with van der Waals surface area (Å²) in [6.07, 6.45) is 5.94. The van der Waals surface area contributed by atoms with E-state index in [9.17, 15) is 0 Å². The van der Waals surface area contributed by atoms with Gasteiger partial charge in [-0.1, -0.05) is 18.6 Å². The Morgan fingerprint density at radius 1 is 1.53 bits per heavy atom. The molecule has 1 aromatic heterocycles. The Balaban J connectivity index is 0.00000112. The van der Waals surface area contributed by atoms with E-state index in [2.05, 4.69) is 22.6 Å². The van der Waals surface area contributed by atoms with Gasteiger partial charge in [0.15, 0.2) is 0 Å². The Kier molecular flexibility index (Phi) is 4.11. The van der Waals surface area contributed by atoms with Crippen molar-refractivity contribution in [3.8, 4) is 0 Å². The number of rotatable bonds is 4. The summed E-state index contributed by atoms with van der Waals surface area (Å²) in [5.41, 5.74) is 1.69. The highest BCUT2D eigenvalue weighted by Gasteiger charge is 2.30. The number of aryl methyl sites for hydroxylation is 1. The number of hydrogen-bond donors (Lipinski definition) is 1. The average molecular weight is 231 g/mol. The van der Waals surface area contributed by atoms with Crippen molar-refractivity contribution in [1.29, 1.82) is 0 Å². The van der Waals surface area contributed by atoms with E-state index in [1.165, 1.54) is 19.3 Å². The maximum absolute atomic E-state index is 3.89. The second-order valence-corrected chi connectivity index (χ2v) is 4.62. The third-order valence-corrected chi connectivity index (χ3v) is 3.23. The predicted octanol–water partition coefficient (Wildman–Crippen LogP) is 1.52. The number of nitrogens with zero attached hydrogens (tertiary/aromatic N) is 3. The fourth-order valence-electron chi connectivity index (χ4n) is 1.92. The lowest BCUT2D eigenvalue weighted by Crippen LogP contribution is -2.37. The van der Waals surface area contributed by atoms with Gasteiger partial charge in [0.1, 0.15) is 0 Å². The lowest BCUT2D eigenvalue weighted by Gasteiger charge is -2.38. The smallest absolute Gasteiger partial charge is 0.0738 e. The summed E-state index contributed by atoms with van der Waals surface area (Å²) >= 11 is 0. The van der Waals surface area contributed by atoms with Gasteiger partial charge >= 0.3 is 0 Å². The maximum Gasteiger partial charge on any atom is 0.0738 e. The molecule has 1 aliphatic rings. The first kappa shape index (κ1) is 12.5. The molecule has 0 amide bonds. The minimum atomic E-state index is 0. The van der Waals surface area contributed by atoms with Crippen LogP contribution >= 0.6 is 12.4 Å². The molecule has 1 N–H and O–H groups in total. The van der Waals surface area contributed by atoms with Crippen LogP contribution in [0, 0.1) is 5.41 Å². The molecule has 1 heterocycles. The van der Waals surface area contributed by atoms with E-state index in [0.717, 1.165) is 18.8 Å². The number of hydrogen-bond acceptors (Lipinski definition) is 3.